The fourth-order valence-electron chi connectivity index (χ4n) is 9.05. The van der Waals surface area contributed by atoms with E-state index in [0.29, 0.717) is 0 Å². The predicted octanol–water partition coefficient (Wildman–Crippen LogP) is 11.4. The molecule has 1 nitrogen and oxygen atoms in total. The molecule has 0 unspecified atom stereocenters. The normalized spacial score (nSPS) is 13.8. The van der Waals surface area contributed by atoms with Crippen LogP contribution in [0.25, 0.3) is 71.3 Å². The number of aromatic nitrogens is 1. The van der Waals surface area contributed by atoms with Crippen LogP contribution >= 0.6 is 0 Å². The van der Waals surface area contributed by atoms with Gasteiger partial charge in [-0.2, -0.15) is 0 Å². The van der Waals surface area contributed by atoms with Gasteiger partial charge in [0.25, 0.3) is 0 Å². The summed E-state index contributed by atoms with van der Waals surface area (Å²) in [6.45, 7) is 0. The Morgan fingerprint density at radius 1 is 0.348 bits per heavy atom. The Hall–Kier alpha value is -5.92. The zero-order valence-corrected chi connectivity index (χ0v) is 25.0. The van der Waals surface area contributed by atoms with Crippen molar-refractivity contribution in [3.05, 3.63) is 186 Å². The predicted molar refractivity (Wildman–Crippen MR) is 192 cm³/mol. The molecule has 0 amide bonds. The summed E-state index contributed by atoms with van der Waals surface area (Å²) in [5, 5.41) is 7.77. The van der Waals surface area contributed by atoms with Gasteiger partial charge in [0, 0.05) is 16.5 Å². The van der Waals surface area contributed by atoms with Crippen LogP contribution in [0.2, 0.25) is 0 Å². The summed E-state index contributed by atoms with van der Waals surface area (Å²) in [6, 6.07) is 61.2. The summed E-state index contributed by atoms with van der Waals surface area (Å²) < 4.78 is 2.51. The molecule has 9 aromatic rings. The quantitative estimate of drug-likeness (QED) is 0.182. The second-order valence-electron chi connectivity index (χ2n) is 12.8. The minimum atomic E-state index is -0.368. The van der Waals surface area contributed by atoms with Crippen molar-refractivity contribution in [2.75, 3.05) is 0 Å². The molecule has 8 aromatic carbocycles. The van der Waals surface area contributed by atoms with Gasteiger partial charge in [0.15, 0.2) is 0 Å². The first kappa shape index (κ1) is 24.4. The van der Waals surface area contributed by atoms with Crippen molar-refractivity contribution in [1.82, 2.24) is 4.57 Å². The third-order valence-electron chi connectivity index (χ3n) is 10.8. The van der Waals surface area contributed by atoms with E-state index in [-0.39, 0.29) is 5.41 Å². The van der Waals surface area contributed by atoms with Crippen molar-refractivity contribution in [1.29, 1.82) is 0 Å². The molecule has 0 N–H and O–H groups in total. The minimum absolute atomic E-state index is 0.368. The first-order chi connectivity index (χ1) is 22.8. The average Bonchev–Trinajstić information content (AvgIpc) is 3.73. The fraction of sp³-hybridized carbons (Fsp3) is 0.0222. The lowest BCUT2D eigenvalue weighted by molar-refractivity contribution is 0.792. The van der Waals surface area contributed by atoms with Gasteiger partial charge in [-0.15, -0.1) is 0 Å². The number of benzene rings is 8. The van der Waals surface area contributed by atoms with E-state index in [1.807, 2.05) is 0 Å². The Morgan fingerprint density at radius 3 is 1.30 bits per heavy atom. The highest BCUT2D eigenvalue weighted by atomic mass is 15.0. The summed E-state index contributed by atoms with van der Waals surface area (Å²) in [5.74, 6) is 0. The first-order valence-corrected chi connectivity index (χ1v) is 16.1. The molecular weight excluding hydrogens is 555 g/mol. The molecule has 2 aliphatic rings. The van der Waals surface area contributed by atoms with Gasteiger partial charge in [-0.05, 0) is 90.3 Å². The molecule has 1 aromatic heterocycles. The molecule has 0 fully saturated rings. The second kappa shape index (κ2) is 8.62. The summed E-state index contributed by atoms with van der Waals surface area (Å²) in [4.78, 5) is 0. The van der Waals surface area contributed by atoms with E-state index in [9.17, 15) is 0 Å². The standard InChI is InChI=1S/C45H27N/c1-3-13-31-28(11-1)21-25-41-43(31)44-32-14-4-2-12-29(32)22-26-42(44)46(41)30-23-24-36-35-17-7-10-20-39(35)45(40(36)27-30)37-18-8-5-15-33(37)34-16-6-9-19-38(34)45/h1-27H. The number of hydrogen-bond donors (Lipinski definition) is 0. The summed E-state index contributed by atoms with van der Waals surface area (Å²) >= 11 is 0. The van der Waals surface area contributed by atoms with Crippen molar-refractivity contribution in [3.8, 4) is 27.9 Å². The largest absolute Gasteiger partial charge is 0.309 e. The third kappa shape index (κ3) is 2.83. The molecule has 0 bridgehead atoms. The first-order valence-electron chi connectivity index (χ1n) is 16.1. The van der Waals surface area contributed by atoms with Crippen LogP contribution < -0.4 is 0 Å². The van der Waals surface area contributed by atoms with E-state index in [4.69, 9.17) is 0 Å². The maximum Gasteiger partial charge on any atom is 0.0726 e. The zero-order valence-electron chi connectivity index (χ0n) is 25.0. The van der Waals surface area contributed by atoms with Crippen LogP contribution in [0.5, 0.6) is 0 Å². The summed E-state index contributed by atoms with van der Waals surface area (Å²) in [7, 11) is 0. The Balaban J connectivity index is 1.30. The molecule has 0 atom stereocenters. The second-order valence-corrected chi connectivity index (χ2v) is 12.8. The molecule has 1 heteroatoms. The Bertz CT molecular complexity index is 2600. The van der Waals surface area contributed by atoms with Crippen LogP contribution in [0.3, 0.4) is 0 Å². The smallest absolute Gasteiger partial charge is 0.0726 e. The molecule has 46 heavy (non-hydrogen) atoms. The highest BCUT2D eigenvalue weighted by molar-refractivity contribution is 6.28. The van der Waals surface area contributed by atoms with Crippen molar-refractivity contribution >= 4 is 43.4 Å². The van der Waals surface area contributed by atoms with Gasteiger partial charge in [-0.3, -0.25) is 0 Å². The Morgan fingerprint density at radius 2 is 0.783 bits per heavy atom. The molecular formula is C45H27N. The minimum Gasteiger partial charge on any atom is -0.309 e. The van der Waals surface area contributed by atoms with Crippen LogP contribution in [-0.2, 0) is 5.41 Å². The number of nitrogens with zero attached hydrogens (tertiary/aromatic N) is 1. The van der Waals surface area contributed by atoms with E-state index >= 15 is 0 Å². The fourth-order valence-corrected chi connectivity index (χ4v) is 9.05. The van der Waals surface area contributed by atoms with E-state index in [1.54, 1.807) is 0 Å². The van der Waals surface area contributed by atoms with Gasteiger partial charge in [0.1, 0.15) is 0 Å². The van der Waals surface area contributed by atoms with Crippen LogP contribution in [0.1, 0.15) is 22.3 Å². The van der Waals surface area contributed by atoms with Crippen LogP contribution in [0.15, 0.2) is 164 Å². The van der Waals surface area contributed by atoms with Crippen LogP contribution in [-0.4, -0.2) is 4.57 Å². The Kier molecular flexibility index (Phi) is 4.57. The molecule has 1 spiro atoms. The van der Waals surface area contributed by atoms with Gasteiger partial charge >= 0.3 is 0 Å². The highest BCUT2D eigenvalue weighted by Gasteiger charge is 2.51. The lowest BCUT2D eigenvalue weighted by Gasteiger charge is -2.30. The van der Waals surface area contributed by atoms with Gasteiger partial charge in [-0.1, -0.05) is 140 Å². The lowest BCUT2D eigenvalue weighted by Crippen LogP contribution is -2.26. The van der Waals surface area contributed by atoms with Gasteiger partial charge in [0.05, 0.1) is 16.4 Å². The molecule has 11 rings (SSSR count). The van der Waals surface area contributed by atoms with Gasteiger partial charge in [0.2, 0.25) is 0 Å². The van der Waals surface area contributed by atoms with Crippen LogP contribution in [0, 0.1) is 0 Å². The SMILES string of the molecule is c1ccc2c(c1)-c1ccccc1C21c2ccccc2-c2ccc(-n3c4ccc5ccccc5c4c4c5ccccc5ccc43)cc21. The van der Waals surface area contributed by atoms with E-state index in [1.165, 1.54) is 93.5 Å². The molecule has 0 radical (unpaired) electrons. The van der Waals surface area contributed by atoms with Crippen molar-refractivity contribution < 1.29 is 0 Å². The molecule has 2 aliphatic carbocycles. The summed E-state index contributed by atoms with van der Waals surface area (Å²) in [6.07, 6.45) is 0. The van der Waals surface area contributed by atoms with Gasteiger partial charge in [-0.25, -0.2) is 0 Å². The number of hydrogen-bond acceptors (Lipinski definition) is 0. The van der Waals surface area contributed by atoms with Crippen molar-refractivity contribution in [3.63, 3.8) is 0 Å². The molecule has 0 aliphatic heterocycles. The van der Waals surface area contributed by atoms with Crippen molar-refractivity contribution in [2.24, 2.45) is 0 Å². The van der Waals surface area contributed by atoms with Crippen LogP contribution in [0.4, 0.5) is 0 Å². The Labute approximate surface area is 266 Å². The third-order valence-corrected chi connectivity index (χ3v) is 10.8. The molecule has 212 valence electrons. The average molecular weight is 582 g/mol. The number of fused-ring (bicyclic) bond motifs is 17. The molecule has 0 saturated carbocycles. The lowest BCUT2D eigenvalue weighted by atomic mass is 9.70. The highest BCUT2D eigenvalue weighted by Crippen LogP contribution is 2.63. The zero-order chi connectivity index (χ0) is 30.0. The molecule has 1 heterocycles. The van der Waals surface area contributed by atoms with E-state index in [0.717, 1.165) is 0 Å². The van der Waals surface area contributed by atoms with Crippen molar-refractivity contribution in [2.45, 2.75) is 5.41 Å². The number of rotatable bonds is 1. The monoisotopic (exact) mass is 581 g/mol. The summed E-state index contributed by atoms with van der Waals surface area (Å²) in [5.41, 5.74) is 14.1. The molecule has 0 saturated heterocycles. The maximum atomic E-state index is 2.51. The van der Waals surface area contributed by atoms with E-state index in [2.05, 4.69) is 168 Å². The van der Waals surface area contributed by atoms with E-state index < -0.39 is 0 Å². The van der Waals surface area contributed by atoms with Gasteiger partial charge < -0.3 is 4.57 Å². The maximum absolute atomic E-state index is 2.51. The topological polar surface area (TPSA) is 4.93 Å².